The fraction of sp³-hybridized carbons (Fsp3) is 0.444. The van der Waals surface area contributed by atoms with Gasteiger partial charge in [0.15, 0.2) is 0 Å². The summed E-state index contributed by atoms with van der Waals surface area (Å²) in [4.78, 5) is 0. The second-order valence-electron chi connectivity index (χ2n) is 13.7. The number of ether oxygens (including phenoxy) is 1. The van der Waals surface area contributed by atoms with Crippen molar-refractivity contribution >= 4 is 11.6 Å². The lowest BCUT2D eigenvalue weighted by Crippen LogP contribution is -2.37. The lowest BCUT2D eigenvalue weighted by atomic mass is 9.73. The SMILES string of the molecule is C=CCOc1c(CC2C3=CC(C)(C)CCC3=C3C2=c2ccccc2=CC3(C)C)cc(C)cc1C(C)(C)C. The van der Waals surface area contributed by atoms with Crippen LogP contribution in [0.25, 0.3) is 11.6 Å². The van der Waals surface area contributed by atoms with Crippen LogP contribution in [0.5, 0.6) is 5.75 Å². The van der Waals surface area contributed by atoms with Crippen LogP contribution < -0.4 is 15.2 Å². The average molecular weight is 493 g/mol. The fourth-order valence-corrected chi connectivity index (χ4v) is 6.93. The van der Waals surface area contributed by atoms with Gasteiger partial charge in [0, 0.05) is 16.9 Å². The first-order valence-corrected chi connectivity index (χ1v) is 14.0. The van der Waals surface area contributed by atoms with E-state index in [1.807, 2.05) is 6.08 Å². The average Bonchev–Trinajstić information content (AvgIpc) is 3.11. The molecule has 2 aromatic rings. The molecular weight excluding hydrogens is 448 g/mol. The van der Waals surface area contributed by atoms with Crippen molar-refractivity contribution in [3.05, 3.63) is 99.0 Å². The molecule has 0 radical (unpaired) electrons. The molecule has 0 spiro atoms. The van der Waals surface area contributed by atoms with Gasteiger partial charge in [0.2, 0.25) is 0 Å². The highest BCUT2D eigenvalue weighted by Crippen LogP contribution is 2.56. The van der Waals surface area contributed by atoms with Crippen molar-refractivity contribution in [2.24, 2.45) is 16.7 Å². The Kier molecular flexibility index (Phi) is 6.21. The normalized spacial score (nSPS) is 21.5. The third-order valence-electron chi connectivity index (χ3n) is 8.51. The van der Waals surface area contributed by atoms with Gasteiger partial charge < -0.3 is 4.74 Å². The molecule has 37 heavy (non-hydrogen) atoms. The Morgan fingerprint density at radius 3 is 2.49 bits per heavy atom. The largest absolute Gasteiger partial charge is 0.489 e. The van der Waals surface area contributed by atoms with Gasteiger partial charge in [-0.15, -0.1) is 0 Å². The van der Waals surface area contributed by atoms with Crippen molar-refractivity contribution in [3.8, 4) is 5.75 Å². The second kappa shape index (κ2) is 8.90. The van der Waals surface area contributed by atoms with Crippen LogP contribution in [0.2, 0.25) is 0 Å². The smallest absolute Gasteiger partial charge is 0.126 e. The van der Waals surface area contributed by atoms with E-state index in [-0.39, 0.29) is 16.2 Å². The lowest BCUT2D eigenvalue weighted by Gasteiger charge is -2.31. The minimum absolute atomic E-state index is 0.00481. The molecule has 2 aromatic carbocycles. The number of benzene rings is 2. The van der Waals surface area contributed by atoms with Crippen LogP contribution in [-0.4, -0.2) is 6.61 Å². The van der Waals surface area contributed by atoms with E-state index in [9.17, 15) is 0 Å². The lowest BCUT2D eigenvalue weighted by molar-refractivity contribution is 0.346. The Hall–Kier alpha value is -2.80. The molecule has 1 atom stereocenters. The highest BCUT2D eigenvalue weighted by atomic mass is 16.5. The summed E-state index contributed by atoms with van der Waals surface area (Å²) in [5.41, 5.74) is 10.4. The van der Waals surface area contributed by atoms with E-state index in [1.165, 1.54) is 33.5 Å². The van der Waals surface area contributed by atoms with Gasteiger partial charge in [0.1, 0.15) is 12.4 Å². The monoisotopic (exact) mass is 492 g/mol. The van der Waals surface area contributed by atoms with Gasteiger partial charge in [-0.2, -0.15) is 0 Å². The Labute approximate surface area is 224 Å². The molecule has 0 bridgehead atoms. The Morgan fingerprint density at radius 2 is 1.78 bits per heavy atom. The zero-order valence-electron chi connectivity index (χ0n) is 24.2. The Bertz CT molecular complexity index is 1450. The van der Waals surface area contributed by atoms with Crippen LogP contribution >= 0.6 is 0 Å². The maximum atomic E-state index is 6.47. The molecule has 0 aromatic heterocycles. The first-order valence-electron chi connectivity index (χ1n) is 14.0. The van der Waals surface area contributed by atoms with E-state index >= 15 is 0 Å². The second-order valence-corrected chi connectivity index (χ2v) is 13.7. The molecule has 1 nitrogen and oxygen atoms in total. The number of aryl methyl sites for hydroxylation is 1. The highest BCUT2D eigenvalue weighted by Gasteiger charge is 2.44. The van der Waals surface area contributed by atoms with Gasteiger partial charge in [-0.1, -0.05) is 115 Å². The molecule has 0 fully saturated rings. The van der Waals surface area contributed by atoms with E-state index in [0.717, 1.165) is 18.6 Å². The van der Waals surface area contributed by atoms with Gasteiger partial charge in [0.25, 0.3) is 0 Å². The maximum absolute atomic E-state index is 6.47. The Balaban J connectivity index is 1.78. The number of allylic oxidation sites excluding steroid dienone is 4. The summed E-state index contributed by atoms with van der Waals surface area (Å²) in [5.74, 6) is 1.39. The number of rotatable bonds is 5. The zero-order chi connectivity index (χ0) is 26.8. The van der Waals surface area contributed by atoms with E-state index in [2.05, 4.69) is 111 Å². The molecule has 194 valence electrons. The van der Waals surface area contributed by atoms with E-state index < -0.39 is 0 Å². The van der Waals surface area contributed by atoms with Crippen LogP contribution in [-0.2, 0) is 11.8 Å². The van der Waals surface area contributed by atoms with Crippen molar-refractivity contribution in [2.75, 3.05) is 6.61 Å². The van der Waals surface area contributed by atoms with Gasteiger partial charge in [-0.05, 0) is 75.3 Å². The summed E-state index contributed by atoms with van der Waals surface area (Å²) in [6, 6.07) is 13.7. The summed E-state index contributed by atoms with van der Waals surface area (Å²) >= 11 is 0. The first-order chi connectivity index (χ1) is 17.3. The van der Waals surface area contributed by atoms with Crippen molar-refractivity contribution < 1.29 is 4.74 Å². The quantitative estimate of drug-likeness (QED) is 0.388. The third kappa shape index (κ3) is 4.56. The molecule has 0 saturated heterocycles. The molecule has 0 aliphatic heterocycles. The van der Waals surface area contributed by atoms with Crippen molar-refractivity contribution in [3.63, 3.8) is 0 Å². The summed E-state index contributed by atoms with van der Waals surface area (Å²) < 4.78 is 6.47. The van der Waals surface area contributed by atoms with Crippen LogP contribution in [0, 0.1) is 23.7 Å². The van der Waals surface area contributed by atoms with Gasteiger partial charge >= 0.3 is 0 Å². The summed E-state index contributed by atoms with van der Waals surface area (Å²) in [6.07, 6.45) is 10.3. The predicted octanol–water partition coefficient (Wildman–Crippen LogP) is 7.74. The number of hydrogen-bond acceptors (Lipinski definition) is 1. The molecule has 0 amide bonds. The first kappa shape index (κ1) is 25.8. The summed E-state index contributed by atoms with van der Waals surface area (Å²) in [7, 11) is 0. The zero-order valence-corrected chi connectivity index (χ0v) is 24.2. The third-order valence-corrected chi connectivity index (χ3v) is 8.51. The molecule has 0 N–H and O–H groups in total. The standard InChI is InChI=1S/C36H44O/c1-10-17-37-33-25(18-23(2)19-30(33)34(3,4)5)20-28-29-22-35(6,7)16-15-27(29)32-31(28)26-14-12-11-13-24(26)21-36(32,8)9/h10-14,18-19,21-22,28H,1,15-17,20H2,2-9H3. The molecule has 3 aliphatic carbocycles. The van der Waals surface area contributed by atoms with Crippen LogP contribution in [0.3, 0.4) is 0 Å². The molecule has 5 rings (SSSR count). The minimum atomic E-state index is -0.00481. The van der Waals surface area contributed by atoms with Gasteiger partial charge in [-0.25, -0.2) is 0 Å². The number of fused-ring (bicyclic) bond motifs is 3. The van der Waals surface area contributed by atoms with Gasteiger partial charge in [-0.3, -0.25) is 0 Å². The minimum Gasteiger partial charge on any atom is -0.489 e. The van der Waals surface area contributed by atoms with Crippen LogP contribution in [0.1, 0.15) is 78.0 Å². The predicted molar refractivity (Wildman–Crippen MR) is 158 cm³/mol. The highest BCUT2D eigenvalue weighted by molar-refractivity contribution is 5.85. The number of hydrogen-bond donors (Lipinski definition) is 0. The molecule has 1 heteroatoms. The van der Waals surface area contributed by atoms with Crippen molar-refractivity contribution in [1.29, 1.82) is 0 Å². The van der Waals surface area contributed by atoms with Crippen molar-refractivity contribution in [2.45, 2.75) is 80.1 Å². The molecular formula is C36H44O. The van der Waals surface area contributed by atoms with E-state index in [0.29, 0.717) is 12.5 Å². The van der Waals surface area contributed by atoms with Gasteiger partial charge in [0.05, 0.1) is 0 Å². The molecule has 0 heterocycles. The Morgan fingerprint density at radius 1 is 1.05 bits per heavy atom. The van der Waals surface area contributed by atoms with E-state index in [4.69, 9.17) is 4.74 Å². The summed E-state index contributed by atoms with van der Waals surface area (Å²) in [5, 5.41) is 2.79. The molecule has 1 unspecified atom stereocenters. The molecule has 0 saturated carbocycles. The van der Waals surface area contributed by atoms with Crippen molar-refractivity contribution in [1.82, 2.24) is 0 Å². The maximum Gasteiger partial charge on any atom is 0.126 e. The fourth-order valence-electron chi connectivity index (χ4n) is 6.93. The van der Waals surface area contributed by atoms with Crippen LogP contribution in [0.15, 0.2) is 71.8 Å². The molecule has 3 aliphatic rings. The topological polar surface area (TPSA) is 9.23 Å². The van der Waals surface area contributed by atoms with E-state index in [1.54, 1.807) is 22.3 Å². The summed E-state index contributed by atoms with van der Waals surface area (Å²) in [6.45, 7) is 23.2. The van der Waals surface area contributed by atoms with Crippen LogP contribution in [0.4, 0.5) is 0 Å².